The zero-order valence-corrected chi connectivity index (χ0v) is 11.6. The molecule has 0 bridgehead atoms. The van der Waals surface area contributed by atoms with E-state index in [4.69, 9.17) is 11.0 Å². The van der Waals surface area contributed by atoms with Crippen molar-refractivity contribution in [3.63, 3.8) is 0 Å². The van der Waals surface area contributed by atoms with Crippen LogP contribution in [0.5, 0.6) is 0 Å². The summed E-state index contributed by atoms with van der Waals surface area (Å²) in [5.74, 6) is 0.360. The van der Waals surface area contributed by atoms with E-state index >= 15 is 0 Å². The van der Waals surface area contributed by atoms with Crippen LogP contribution in [0.3, 0.4) is 0 Å². The second-order valence-corrected chi connectivity index (χ2v) is 6.58. The van der Waals surface area contributed by atoms with E-state index in [0.29, 0.717) is 23.6 Å². The standard InChI is InChI=1S/C13H17N3O2S/c1-9-6-10(7-14)2-5-13(9)19(17,18)16-12(8-15)11-3-4-11/h2,5-6,11-12,16H,3-4,8,15H2,1H3. The summed E-state index contributed by atoms with van der Waals surface area (Å²) in [4.78, 5) is 0.214. The van der Waals surface area contributed by atoms with Crippen molar-refractivity contribution in [2.75, 3.05) is 6.54 Å². The number of rotatable bonds is 5. The van der Waals surface area contributed by atoms with Crippen LogP contribution in [0.1, 0.15) is 24.0 Å². The van der Waals surface area contributed by atoms with Crippen LogP contribution in [-0.2, 0) is 10.0 Å². The van der Waals surface area contributed by atoms with Crippen molar-refractivity contribution in [1.82, 2.24) is 4.72 Å². The predicted octanol–water partition coefficient (Wildman–Crippen LogP) is 0.882. The highest BCUT2D eigenvalue weighted by molar-refractivity contribution is 7.89. The monoisotopic (exact) mass is 279 g/mol. The maximum atomic E-state index is 12.3. The number of aryl methyl sites for hydroxylation is 1. The van der Waals surface area contributed by atoms with E-state index in [0.717, 1.165) is 12.8 Å². The highest BCUT2D eigenvalue weighted by Gasteiger charge is 2.33. The lowest BCUT2D eigenvalue weighted by molar-refractivity contribution is 0.519. The maximum absolute atomic E-state index is 12.3. The third-order valence-corrected chi connectivity index (χ3v) is 5.00. The topological polar surface area (TPSA) is 96.0 Å². The van der Waals surface area contributed by atoms with Crippen molar-refractivity contribution in [2.24, 2.45) is 11.7 Å². The number of benzene rings is 1. The fourth-order valence-electron chi connectivity index (χ4n) is 2.12. The molecule has 1 fully saturated rings. The number of sulfonamides is 1. The van der Waals surface area contributed by atoms with Crippen molar-refractivity contribution < 1.29 is 8.42 Å². The van der Waals surface area contributed by atoms with Gasteiger partial charge in [0, 0.05) is 12.6 Å². The fraction of sp³-hybridized carbons (Fsp3) is 0.462. The van der Waals surface area contributed by atoms with E-state index in [2.05, 4.69) is 4.72 Å². The molecule has 0 saturated heterocycles. The van der Waals surface area contributed by atoms with Crippen LogP contribution in [-0.4, -0.2) is 21.0 Å². The molecule has 1 aliphatic carbocycles. The lowest BCUT2D eigenvalue weighted by atomic mass is 10.2. The molecule has 0 aliphatic heterocycles. The molecule has 1 aromatic carbocycles. The maximum Gasteiger partial charge on any atom is 0.241 e. The number of nitriles is 1. The zero-order chi connectivity index (χ0) is 14.0. The van der Waals surface area contributed by atoms with Gasteiger partial charge in [-0.2, -0.15) is 5.26 Å². The smallest absolute Gasteiger partial charge is 0.241 e. The molecule has 3 N–H and O–H groups in total. The van der Waals surface area contributed by atoms with Crippen molar-refractivity contribution in [3.8, 4) is 6.07 Å². The van der Waals surface area contributed by atoms with Gasteiger partial charge in [0.15, 0.2) is 0 Å². The largest absolute Gasteiger partial charge is 0.329 e. The van der Waals surface area contributed by atoms with Gasteiger partial charge in [0.05, 0.1) is 16.5 Å². The van der Waals surface area contributed by atoms with E-state index in [9.17, 15) is 8.42 Å². The Balaban J connectivity index is 2.26. The number of hydrogen-bond acceptors (Lipinski definition) is 4. The Morgan fingerprint density at radius 2 is 2.21 bits per heavy atom. The van der Waals surface area contributed by atoms with Crippen molar-refractivity contribution in [2.45, 2.75) is 30.7 Å². The first-order chi connectivity index (χ1) is 8.97. The Morgan fingerprint density at radius 1 is 1.53 bits per heavy atom. The van der Waals surface area contributed by atoms with Crippen LogP contribution in [0.25, 0.3) is 0 Å². The molecule has 1 atom stereocenters. The summed E-state index contributed by atoms with van der Waals surface area (Å²) in [6, 6.07) is 6.35. The van der Waals surface area contributed by atoms with Gasteiger partial charge in [-0.3, -0.25) is 0 Å². The van der Waals surface area contributed by atoms with Crippen LogP contribution in [0, 0.1) is 24.2 Å². The quantitative estimate of drug-likeness (QED) is 0.836. The average molecular weight is 279 g/mol. The molecule has 1 aromatic rings. The molecule has 5 nitrogen and oxygen atoms in total. The first-order valence-corrected chi connectivity index (χ1v) is 7.69. The summed E-state index contributed by atoms with van der Waals surface area (Å²) in [7, 11) is -3.57. The van der Waals surface area contributed by atoms with Gasteiger partial charge >= 0.3 is 0 Å². The molecule has 1 aliphatic rings. The van der Waals surface area contributed by atoms with E-state index in [-0.39, 0.29) is 10.9 Å². The van der Waals surface area contributed by atoms with Crippen LogP contribution in [0.15, 0.2) is 23.1 Å². The minimum absolute atomic E-state index is 0.194. The molecule has 0 amide bonds. The molecule has 19 heavy (non-hydrogen) atoms. The molecule has 0 radical (unpaired) electrons. The van der Waals surface area contributed by atoms with Crippen LogP contribution >= 0.6 is 0 Å². The Labute approximate surface area is 113 Å². The molecule has 2 rings (SSSR count). The Hall–Kier alpha value is -1.42. The van der Waals surface area contributed by atoms with Gasteiger partial charge in [-0.25, -0.2) is 13.1 Å². The van der Waals surface area contributed by atoms with Crippen LogP contribution in [0.2, 0.25) is 0 Å². The van der Waals surface area contributed by atoms with Crippen molar-refractivity contribution >= 4 is 10.0 Å². The van der Waals surface area contributed by atoms with E-state index in [1.807, 2.05) is 6.07 Å². The average Bonchev–Trinajstić information content (AvgIpc) is 3.19. The minimum atomic E-state index is -3.57. The number of nitrogens with zero attached hydrogens (tertiary/aromatic N) is 1. The number of nitrogens with two attached hydrogens (primary N) is 1. The van der Waals surface area contributed by atoms with Gasteiger partial charge in [0.1, 0.15) is 0 Å². The van der Waals surface area contributed by atoms with Crippen LogP contribution < -0.4 is 10.5 Å². The summed E-state index contributed by atoms with van der Waals surface area (Å²) in [5, 5.41) is 8.79. The molecule has 1 unspecified atom stereocenters. The fourth-order valence-corrected chi connectivity index (χ4v) is 3.66. The highest BCUT2D eigenvalue weighted by Crippen LogP contribution is 2.33. The summed E-state index contributed by atoms with van der Waals surface area (Å²) in [6.45, 7) is 1.99. The lowest BCUT2D eigenvalue weighted by Gasteiger charge is -2.17. The van der Waals surface area contributed by atoms with Gasteiger partial charge < -0.3 is 5.73 Å². The van der Waals surface area contributed by atoms with Crippen LogP contribution in [0.4, 0.5) is 0 Å². The second kappa shape index (κ2) is 5.29. The molecule has 6 heteroatoms. The first kappa shape index (κ1) is 14.0. The normalized spacial score (nSPS) is 16.9. The Morgan fingerprint density at radius 3 is 2.68 bits per heavy atom. The van der Waals surface area contributed by atoms with Gasteiger partial charge in [-0.05, 0) is 49.4 Å². The second-order valence-electron chi connectivity index (χ2n) is 4.89. The number of nitrogens with one attached hydrogen (secondary N) is 1. The molecular weight excluding hydrogens is 262 g/mol. The summed E-state index contributed by atoms with van der Waals surface area (Å²) in [6.07, 6.45) is 2.05. The van der Waals surface area contributed by atoms with E-state index in [1.54, 1.807) is 13.0 Å². The molecule has 102 valence electrons. The molecule has 0 aromatic heterocycles. The van der Waals surface area contributed by atoms with Crippen molar-refractivity contribution in [1.29, 1.82) is 5.26 Å². The van der Waals surface area contributed by atoms with Gasteiger partial charge in [0.2, 0.25) is 10.0 Å². The lowest BCUT2D eigenvalue weighted by Crippen LogP contribution is -2.41. The molecule has 0 spiro atoms. The molecule has 0 heterocycles. The predicted molar refractivity (Wildman–Crippen MR) is 71.8 cm³/mol. The highest BCUT2D eigenvalue weighted by atomic mass is 32.2. The van der Waals surface area contributed by atoms with Crippen molar-refractivity contribution in [3.05, 3.63) is 29.3 Å². The Kier molecular flexibility index (Phi) is 3.90. The molecular formula is C13H17N3O2S. The SMILES string of the molecule is Cc1cc(C#N)ccc1S(=O)(=O)NC(CN)C1CC1. The summed E-state index contributed by atoms with van der Waals surface area (Å²) in [5.41, 5.74) is 6.63. The van der Waals surface area contributed by atoms with E-state index in [1.165, 1.54) is 12.1 Å². The third-order valence-electron chi connectivity index (χ3n) is 3.35. The summed E-state index contributed by atoms with van der Waals surface area (Å²) >= 11 is 0. The molecule has 1 saturated carbocycles. The van der Waals surface area contributed by atoms with Gasteiger partial charge in [-0.1, -0.05) is 0 Å². The zero-order valence-electron chi connectivity index (χ0n) is 10.8. The van der Waals surface area contributed by atoms with Gasteiger partial charge in [0.25, 0.3) is 0 Å². The summed E-state index contributed by atoms with van der Waals surface area (Å²) < 4.78 is 27.3. The van der Waals surface area contributed by atoms with E-state index < -0.39 is 10.0 Å². The first-order valence-electron chi connectivity index (χ1n) is 6.21. The minimum Gasteiger partial charge on any atom is -0.329 e. The Bertz CT molecular complexity index is 615. The number of hydrogen-bond donors (Lipinski definition) is 2. The third kappa shape index (κ3) is 3.13. The van der Waals surface area contributed by atoms with Gasteiger partial charge in [-0.15, -0.1) is 0 Å².